The van der Waals surface area contributed by atoms with E-state index in [1.165, 1.54) is 6.20 Å². The number of hydrogen-bond donors (Lipinski definition) is 0. The fourth-order valence-electron chi connectivity index (χ4n) is 1.34. The molecule has 2 heterocycles. The predicted molar refractivity (Wildman–Crippen MR) is 54.8 cm³/mol. The Morgan fingerprint density at radius 1 is 1.47 bits per heavy atom. The molecule has 1 saturated heterocycles. The normalized spacial score (nSPS) is 16.1. The Labute approximate surface area is 92.3 Å². The van der Waals surface area contributed by atoms with Crippen molar-refractivity contribution in [3.63, 3.8) is 0 Å². The third-order valence-corrected chi connectivity index (χ3v) is 2.43. The molecule has 5 nitrogen and oxygen atoms in total. The van der Waals surface area contributed by atoms with Gasteiger partial charge in [0.25, 0.3) is 0 Å². The van der Waals surface area contributed by atoms with Crippen LogP contribution in [0.1, 0.15) is 5.56 Å². The fraction of sp³-hybridized carbons (Fsp3) is 0.444. The lowest BCUT2D eigenvalue weighted by Gasteiger charge is -2.26. The Morgan fingerprint density at radius 3 is 2.80 bits per heavy atom. The van der Waals surface area contributed by atoms with Crippen LogP contribution in [-0.2, 0) is 4.74 Å². The van der Waals surface area contributed by atoms with Crippen LogP contribution in [0.4, 0.5) is 5.95 Å². The average molecular weight is 225 g/mol. The maximum Gasteiger partial charge on any atom is 0.226 e. The molecule has 0 amide bonds. The lowest BCUT2D eigenvalue weighted by atomic mass is 10.4. The highest BCUT2D eigenvalue weighted by atomic mass is 35.5. The van der Waals surface area contributed by atoms with Gasteiger partial charge in [-0.1, -0.05) is 11.6 Å². The van der Waals surface area contributed by atoms with Gasteiger partial charge in [-0.25, -0.2) is 4.98 Å². The number of nitriles is 1. The summed E-state index contributed by atoms with van der Waals surface area (Å²) in [4.78, 5) is 10.1. The number of aromatic nitrogens is 2. The third-order valence-electron chi connectivity index (χ3n) is 2.14. The number of halogens is 1. The van der Waals surface area contributed by atoms with E-state index in [0.29, 0.717) is 24.7 Å². The van der Waals surface area contributed by atoms with Crippen LogP contribution < -0.4 is 4.90 Å². The Morgan fingerprint density at radius 2 is 2.20 bits per heavy atom. The Bertz CT molecular complexity index is 398. The van der Waals surface area contributed by atoms with Crippen molar-refractivity contribution in [1.29, 1.82) is 5.26 Å². The van der Waals surface area contributed by atoms with Gasteiger partial charge in [0.1, 0.15) is 11.6 Å². The minimum Gasteiger partial charge on any atom is -0.378 e. The molecule has 2 rings (SSSR count). The summed E-state index contributed by atoms with van der Waals surface area (Å²) in [6, 6.07) is 1.93. The van der Waals surface area contributed by atoms with Crippen LogP contribution in [0.15, 0.2) is 6.20 Å². The Kier molecular flexibility index (Phi) is 2.99. The van der Waals surface area contributed by atoms with Gasteiger partial charge in [0, 0.05) is 13.1 Å². The molecule has 0 unspecified atom stereocenters. The summed E-state index contributed by atoms with van der Waals surface area (Å²) in [5.74, 6) is 0.558. The first-order valence-corrected chi connectivity index (χ1v) is 4.94. The van der Waals surface area contributed by atoms with Gasteiger partial charge in [-0.2, -0.15) is 10.2 Å². The van der Waals surface area contributed by atoms with Gasteiger partial charge in [-0.3, -0.25) is 0 Å². The first-order chi connectivity index (χ1) is 7.31. The van der Waals surface area contributed by atoms with Crippen molar-refractivity contribution in [2.75, 3.05) is 31.2 Å². The minimum absolute atomic E-state index is 0.203. The quantitative estimate of drug-likeness (QED) is 0.662. The minimum atomic E-state index is 0.203. The summed E-state index contributed by atoms with van der Waals surface area (Å²) >= 11 is 5.82. The molecule has 1 aromatic heterocycles. The maximum atomic E-state index is 8.67. The summed E-state index contributed by atoms with van der Waals surface area (Å²) in [6.45, 7) is 2.84. The monoisotopic (exact) mass is 224 g/mol. The number of ether oxygens (including phenoxy) is 1. The molecule has 0 spiro atoms. The summed E-state index contributed by atoms with van der Waals surface area (Å²) in [6.07, 6.45) is 1.44. The average Bonchev–Trinajstić information content (AvgIpc) is 2.30. The summed E-state index contributed by atoms with van der Waals surface area (Å²) in [5, 5.41) is 8.87. The first-order valence-electron chi connectivity index (χ1n) is 4.56. The highest BCUT2D eigenvalue weighted by Gasteiger charge is 2.14. The van der Waals surface area contributed by atoms with E-state index < -0.39 is 0 Å². The van der Waals surface area contributed by atoms with E-state index in [1.807, 2.05) is 11.0 Å². The molecular weight excluding hydrogens is 216 g/mol. The van der Waals surface area contributed by atoms with E-state index in [9.17, 15) is 0 Å². The highest BCUT2D eigenvalue weighted by molar-refractivity contribution is 6.30. The summed E-state index contributed by atoms with van der Waals surface area (Å²) < 4.78 is 5.21. The molecule has 15 heavy (non-hydrogen) atoms. The lowest BCUT2D eigenvalue weighted by Crippen LogP contribution is -2.37. The van der Waals surface area contributed by atoms with Gasteiger partial charge in [0.2, 0.25) is 5.95 Å². The van der Waals surface area contributed by atoms with E-state index in [0.717, 1.165) is 13.1 Å². The molecule has 0 aliphatic carbocycles. The van der Waals surface area contributed by atoms with E-state index in [4.69, 9.17) is 21.6 Å². The number of hydrogen-bond acceptors (Lipinski definition) is 5. The largest absolute Gasteiger partial charge is 0.378 e. The topological polar surface area (TPSA) is 62.0 Å². The zero-order valence-electron chi connectivity index (χ0n) is 7.98. The first kappa shape index (κ1) is 10.1. The van der Waals surface area contributed by atoms with E-state index in [1.54, 1.807) is 0 Å². The van der Waals surface area contributed by atoms with Crippen molar-refractivity contribution in [3.05, 3.63) is 16.9 Å². The molecule has 0 radical (unpaired) electrons. The molecular formula is C9H9ClN4O. The number of anilines is 1. The molecule has 0 saturated carbocycles. The van der Waals surface area contributed by atoms with Gasteiger partial charge in [-0.05, 0) is 0 Å². The molecule has 1 aliphatic rings. The molecule has 6 heteroatoms. The summed E-state index contributed by atoms with van der Waals surface area (Å²) in [7, 11) is 0. The van der Waals surface area contributed by atoms with Gasteiger partial charge < -0.3 is 9.64 Å². The molecule has 78 valence electrons. The number of rotatable bonds is 1. The van der Waals surface area contributed by atoms with Crippen LogP contribution in [0.5, 0.6) is 0 Å². The number of nitrogens with zero attached hydrogens (tertiary/aromatic N) is 4. The second-order valence-corrected chi connectivity index (χ2v) is 3.44. The maximum absolute atomic E-state index is 8.67. The molecule has 0 N–H and O–H groups in total. The Balaban J connectivity index is 2.22. The predicted octanol–water partition coefficient (Wildman–Crippen LogP) is 0.838. The molecule has 0 bridgehead atoms. The van der Waals surface area contributed by atoms with E-state index >= 15 is 0 Å². The van der Waals surface area contributed by atoms with Crippen LogP contribution in [0, 0.1) is 11.3 Å². The van der Waals surface area contributed by atoms with Crippen LogP contribution in [0.2, 0.25) is 5.15 Å². The van der Waals surface area contributed by atoms with Gasteiger partial charge in [0.05, 0.1) is 19.4 Å². The number of morpholine rings is 1. The zero-order chi connectivity index (χ0) is 10.7. The Hall–Kier alpha value is -1.38. The van der Waals surface area contributed by atoms with E-state index in [2.05, 4.69) is 9.97 Å². The smallest absolute Gasteiger partial charge is 0.226 e. The second kappa shape index (κ2) is 4.43. The lowest BCUT2D eigenvalue weighted by molar-refractivity contribution is 0.122. The van der Waals surface area contributed by atoms with E-state index in [-0.39, 0.29) is 5.15 Å². The van der Waals surface area contributed by atoms with Gasteiger partial charge in [0.15, 0.2) is 5.15 Å². The van der Waals surface area contributed by atoms with Crippen molar-refractivity contribution in [2.45, 2.75) is 0 Å². The molecule has 0 atom stereocenters. The standard InChI is InChI=1S/C9H9ClN4O/c10-8-7(5-11)6-12-9(13-8)14-1-3-15-4-2-14/h6H,1-4H2. The zero-order valence-corrected chi connectivity index (χ0v) is 8.74. The van der Waals surface area contributed by atoms with Gasteiger partial charge in [-0.15, -0.1) is 0 Å². The van der Waals surface area contributed by atoms with Crippen molar-refractivity contribution in [1.82, 2.24) is 9.97 Å². The van der Waals surface area contributed by atoms with Crippen LogP contribution in [0.25, 0.3) is 0 Å². The SMILES string of the molecule is N#Cc1cnc(N2CCOCC2)nc1Cl. The van der Waals surface area contributed by atoms with Crippen molar-refractivity contribution in [2.24, 2.45) is 0 Å². The van der Waals surface area contributed by atoms with Crippen LogP contribution >= 0.6 is 11.6 Å². The second-order valence-electron chi connectivity index (χ2n) is 3.09. The molecule has 1 aliphatic heterocycles. The molecule has 0 aromatic carbocycles. The van der Waals surface area contributed by atoms with Gasteiger partial charge >= 0.3 is 0 Å². The van der Waals surface area contributed by atoms with Crippen molar-refractivity contribution >= 4 is 17.5 Å². The molecule has 1 aromatic rings. The van der Waals surface area contributed by atoms with Crippen LogP contribution in [0.3, 0.4) is 0 Å². The van der Waals surface area contributed by atoms with Crippen LogP contribution in [-0.4, -0.2) is 36.3 Å². The van der Waals surface area contributed by atoms with Crippen molar-refractivity contribution < 1.29 is 4.74 Å². The fourth-order valence-corrected chi connectivity index (χ4v) is 1.51. The highest BCUT2D eigenvalue weighted by Crippen LogP contribution is 2.16. The molecule has 1 fully saturated rings. The van der Waals surface area contributed by atoms with Crippen molar-refractivity contribution in [3.8, 4) is 6.07 Å². The third kappa shape index (κ3) is 2.17. The summed E-state index contributed by atoms with van der Waals surface area (Å²) in [5.41, 5.74) is 0.300.